The van der Waals surface area contributed by atoms with E-state index in [9.17, 15) is 8.42 Å². The molecule has 0 bridgehead atoms. The summed E-state index contributed by atoms with van der Waals surface area (Å²) in [5, 5.41) is 3.07. The number of rotatable bonds is 4. The van der Waals surface area contributed by atoms with Crippen molar-refractivity contribution in [1.82, 2.24) is 14.3 Å². The summed E-state index contributed by atoms with van der Waals surface area (Å²) in [5.74, 6) is 1.33. The summed E-state index contributed by atoms with van der Waals surface area (Å²) in [4.78, 5) is 12.9. The average Bonchev–Trinajstić information content (AvgIpc) is 2.60. The maximum absolute atomic E-state index is 12.3. The van der Waals surface area contributed by atoms with Gasteiger partial charge < -0.3 is 15.8 Å². The lowest BCUT2D eigenvalue weighted by Crippen LogP contribution is -2.50. The highest BCUT2D eigenvalue weighted by Crippen LogP contribution is 2.33. The van der Waals surface area contributed by atoms with E-state index in [1.165, 1.54) is 7.05 Å². The number of nitrogens with zero attached hydrogens (tertiary/aromatic N) is 4. The van der Waals surface area contributed by atoms with Crippen LogP contribution in [0.25, 0.3) is 0 Å². The lowest BCUT2D eigenvalue weighted by atomic mass is 9.95. The van der Waals surface area contributed by atoms with Crippen molar-refractivity contribution in [1.29, 1.82) is 0 Å². The number of sulfonamides is 1. The lowest BCUT2D eigenvalue weighted by Gasteiger charge is -2.34. The Kier molecular flexibility index (Phi) is 4.45. The fourth-order valence-corrected chi connectivity index (χ4v) is 4.16. The molecule has 0 saturated carbocycles. The number of methoxy groups -OCH3 is 1. The van der Waals surface area contributed by atoms with Crippen molar-refractivity contribution in [3.8, 4) is 5.75 Å². The molecule has 0 saturated heterocycles. The quantitative estimate of drug-likeness (QED) is 0.817. The molecule has 3 heterocycles. The maximum Gasteiger partial charge on any atom is 0.239 e. The summed E-state index contributed by atoms with van der Waals surface area (Å²) >= 11 is 0. The molecule has 1 atom stereocenters. The number of hydrogen-bond donors (Lipinski definition) is 2. The van der Waals surface area contributed by atoms with Gasteiger partial charge in [0.05, 0.1) is 12.9 Å². The first-order chi connectivity index (χ1) is 12.2. The van der Waals surface area contributed by atoms with E-state index < -0.39 is 15.6 Å². The normalized spacial score (nSPS) is 21.8. The van der Waals surface area contributed by atoms with Crippen LogP contribution < -0.4 is 15.8 Å². The number of aromatic nitrogens is 2. The van der Waals surface area contributed by atoms with Gasteiger partial charge in [0.15, 0.2) is 11.6 Å². The Labute approximate surface area is 152 Å². The average molecular weight is 376 g/mol. The van der Waals surface area contributed by atoms with Crippen LogP contribution in [0.1, 0.15) is 12.5 Å². The SMILES string of the molecule is COc1cccnc1Nc1cc([C@]2(C)CS(=O)(=O)N(C)C(N)=N2)ccn1. The predicted molar refractivity (Wildman–Crippen MR) is 98.8 cm³/mol. The van der Waals surface area contributed by atoms with Gasteiger partial charge in [0.1, 0.15) is 11.4 Å². The second-order valence-electron chi connectivity index (χ2n) is 6.08. The van der Waals surface area contributed by atoms with Gasteiger partial charge in [0, 0.05) is 19.4 Å². The van der Waals surface area contributed by atoms with E-state index in [4.69, 9.17) is 10.5 Å². The van der Waals surface area contributed by atoms with Crippen molar-refractivity contribution in [3.05, 3.63) is 42.2 Å². The lowest BCUT2D eigenvalue weighted by molar-refractivity contribution is 0.415. The fourth-order valence-electron chi connectivity index (χ4n) is 2.70. The Morgan fingerprint density at radius 1 is 1.31 bits per heavy atom. The van der Waals surface area contributed by atoms with E-state index in [-0.39, 0.29) is 11.7 Å². The van der Waals surface area contributed by atoms with Gasteiger partial charge in [-0.15, -0.1) is 0 Å². The van der Waals surface area contributed by atoms with Crippen LogP contribution in [0.3, 0.4) is 0 Å². The Morgan fingerprint density at radius 2 is 2.08 bits per heavy atom. The van der Waals surface area contributed by atoms with Crippen LogP contribution in [0.5, 0.6) is 5.75 Å². The van der Waals surface area contributed by atoms with Crippen molar-refractivity contribution in [2.75, 3.05) is 25.2 Å². The number of anilines is 2. The topological polar surface area (TPSA) is 123 Å². The number of nitrogens with one attached hydrogen (secondary N) is 1. The van der Waals surface area contributed by atoms with E-state index in [1.807, 2.05) is 0 Å². The summed E-state index contributed by atoms with van der Waals surface area (Å²) in [6.45, 7) is 1.73. The molecule has 138 valence electrons. The molecule has 0 spiro atoms. The molecule has 26 heavy (non-hydrogen) atoms. The molecule has 0 radical (unpaired) electrons. The molecule has 1 aliphatic heterocycles. The Morgan fingerprint density at radius 3 is 2.77 bits per heavy atom. The van der Waals surface area contributed by atoms with Crippen LogP contribution in [0.15, 0.2) is 41.7 Å². The Balaban J connectivity index is 1.97. The Bertz CT molecular complexity index is 962. The summed E-state index contributed by atoms with van der Waals surface area (Å²) < 4.78 is 31.0. The van der Waals surface area contributed by atoms with Crippen LogP contribution in [-0.2, 0) is 15.6 Å². The van der Waals surface area contributed by atoms with Gasteiger partial charge >= 0.3 is 0 Å². The van der Waals surface area contributed by atoms with E-state index in [0.717, 1.165) is 4.31 Å². The van der Waals surface area contributed by atoms with E-state index in [2.05, 4.69) is 20.3 Å². The molecule has 2 aromatic rings. The predicted octanol–water partition coefficient (Wildman–Crippen LogP) is 1.03. The highest BCUT2D eigenvalue weighted by molar-refractivity contribution is 7.89. The minimum Gasteiger partial charge on any atom is -0.493 e. The first kappa shape index (κ1) is 17.9. The van der Waals surface area contributed by atoms with E-state index in [1.54, 1.807) is 50.7 Å². The number of guanidine groups is 1. The highest BCUT2D eigenvalue weighted by atomic mass is 32.2. The van der Waals surface area contributed by atoms with Gasteiger partial charge in [0.25, 0.3) is 0 Å². The molecule has 0 aromatic carbocycles. The zero-order valence-electron chi connectivity index (χ0n) is 14.7. The minimum atomic E-state index is -3.54. The third-order valence-corrected chi connectivity index (χ3v) is 6.13. The fraction of sp³-hybridized carbons (Fsp3) is 0.312. The van der Waals surface area contributed by atoms with Crippen LogP contribution in [0, 0.1) is 0 Å². The van der Waals surface area contributed by atoms with Gasteiger partial charge in [-0.3, -0.25) is 0 Å². The smallest absolute Gasteiger partial charge is 0.239 e. The second-order valence-corrected chi connectivity index (χ2v) is 8.08. The van der Waals surface area contributed by atoms with Crippen LogP contribution >= 0.6 is 0 Å². The van der Waals surface area contributed by atoms with Crippen molar-refractivity contribution in [3.63, 3.8) is 0 Å². The number of hydrogen-bond acceptors (Lipinski definition) is 8. The Hall–Kier alpha value is -2.88. The second kappa shape index (κ2) is 6.45. The number of nitrogens with two attached hydrogens (primary N) is 1. The molecule has 3 rings (SSSR count). The maximum atomic E-state index is 12.3. The monoisotopic (exact) mass is 376 g/mol. The molecule has 2 aromatic heterocycles. The molecule has 9 nitrogen and oxygen atoms in total. The third kappa shape index (κ3) is 3.27. The van der Waals surface area contributed by atoms with Gasteiger partial charge in [-0.1, -0.05) is 0 Å². The largest absolute Gasteiger partial charge is 0.493 e. The van der Waals surface area contributed by atoms with Crippen LogP contribution in [-0.4, -0.2) is 48.6 Å². The minimum absolute atomic E-state index is 0.0449. The van der Waals surface area contributed by atoms with E-state index in [0.29, 0.717) is 22.9 Å². The number of aliphatic imine (C=N–C) groups is 1. The van der Waals surface area contributed by atoms with Crippen LogP contribution in [0.4, 0.5) is 11.6 Å². The summed E-state index contributed by atoms with van der Waals surface area (Å²) in [6, 6.07) is 6.98. The van der Waals surface area contributed by atoms with Crippen LogP contribution in [0.2, 0.25) is 0 Å². The van der Waals surface area contributed by atoms with Crippen molar-refractivity contribution in [2.45, 2.75) is 12.5 Å². The first-order valence-electron chi connectivity index (χ1n) is 7.80. The highest BCUT2D eigenvalue weighted by Gasteiger charge is 2.40. The molecule has 1 aliphatic rings. The summed E-state index contributed by atoms with van der Waals surface area (Å²) in [5.41, 5.74) is 5.47. The summed E-state index contributed by atoms with van der Waals surface area (Å²) in [7, 11) is -0.605. The number of ether oxygens (including phenoxy) is 1. The molecule has 0 fully saturated rings. The third-order valence-electron chi connectivity index (χ3n) is 4.18. The molecular weight excluding hydrogens is 356 g/mol. The van der Waals surface area contributed by atoms with Crippen molar-refractivity contribution < 1.29 is 13.2 Å². The van der Waals surface area contributed by atoms with E-state index >= 15 is 0 Å². The van der Waals surface area contributed by atoms with Gasteiger partial charge in [-0.05, 0) is 36.8 Å². The molecular formula is C16H20N6O3S. The standard InChI is InChI=1S/C16H20N6O3S/c1-16(10-26(23,24)22(2)15(17)21-16)11-6-8-18-13(9-11)20-14-12(25-3)5-4-7-19-14/h4-9H,10H2,1-3H3,(H2,17,21)(H,18,19,20)/t16-/m0/s1. The van der Waals surface area contributed by atoms with Gasteiger partial charge in [-0.25, -0.2) is 27.7 Å². The molecule has 3 N–H and O–H groups in total. The van der Waals surface area contributed by atoms with Crippen molar-refractivity contribution >= 4 is 27.6 Å². The van der Waals surface area contributed by atoms with Crippen molar-refractivity contribution in [2.24, 2.45) is 10.7 Å². The van der Waals surface area contributed by atoms with Gasteiger partial charge in [-0.2, -0.15) is 0 Å². The zero-order valence-corrected chi connectivity index (χ0v) is 15.5. The molecule has 10 heteroatoms. The van der Waals surface area contributed by atoms with Gasteiger partial charge in [0.2, 0.25) is 16.0 Å². The number of pyridine rings is 2. The first-order valence-corrected chi connectivity index (χ1v) is 9.40. The molecule has 0 aliphatic carbocycles. The zero-order chi connectivity index (χ0) is 18.9. The summed E-state index contributed by atoms with van der Waals surface area (Å²) in [6.07, 6.45) is 3.21. The molecule has 0 unspecified atom stereocenters. The molecule has 0 amide bonds.